The molecule has 0 aromatic carbocycles. The van der Waals surface area contributed by atoms with Crippen molar-refractivity contribution in [3.05, 3.63) is 17.7 Å². The van der Waals surface area contributed by atoms with E-state index in [1.807, 2.05) is 30.2 Å². The van der Waals surface area contributed by atoms with E-state index < -0.39 is 0 Å². The second kappa shape index (κ2) is 5.74. The molecule has 1 atom stereocenters. The van der Waals surface area contributed by atoms with Gasteiger partial charge in [-0.3, -0.25) is 9.59 Å². The van der Waals surface area contributed by atoms with Gasteiger partial charge in [0.25, 0.3) is 5.91 Å². The highest BCUT2D eigenvalue weighted by molar-refractivity contribution is 5.92. The number of nitrogens with one attached hydrogen (secondary N) is 1. The van der Waals surface area contributed by atoms with Crippen molar-refractivity contribution in [2.75, 3.05) is 6.54 Å². The molecule has 0 radical (unpaired) electrons. The average Bonchev–Trinajstić information content (AvgIpc) is 2.81. The Hall–Kier alpha value is -1.85. The summed E-state index contributed by atoms with van der Waals surface area (Å²) in [6, 6.07) is 0.0165. The lowest BCUT2D eigenvalue weighted by Crippen LogP contribution is -2.45. The van der Waals surface area contributed by atoms with Crippen LogP contribution in [0.5, 0.6) is 0 Å². The Morgan fingerprint density at radius 2 is 2.05 bits per heavy atom. The summed E-state index contributed by atoms with van der Waals surface area (Å²) in [6.07, 6.45) is 4.98. The first-order valence-corrected chi connectivity index (χ1v) is 8.15. The van der Waals surface area contributed by atoms with E-state index in [-0.39, 0.29) is 29.8 Å². The number of rotatable bonds is 3. The van der Waals surface area contributed by atoms with Crippen LogP contribution in [0.4, 0.5) is 0 Å². The van der Waals surface area contributed by atoms with Crippen molar-refractivity contribution in [1.82, 2.24) is 19.8 Å². The summed E-state index contributed by atoms with van der Waals surface area (Å²) in [6.45, 7) is 7.26. The number of carbonyl (C=O) groups is 2. The predicted octanol–water partition coefficient (Wildman–Crippen LogP) is 1.72. The second-order valence-corrected chi connectivity index (χ2v) is 6.64. The summed E-state index contributed by atoms with van der Waals surface area (Å²) in [7, 11) is 0. The van der Waals surface area contributed by atoms with Gasteiger partial charge in [-0.05, 0) is 33.6 Å². The van der Waals surface area contributed by atoms with Crippen molar-refractivity contribution in [2.45, 2.75) is 58.7 Å². The van der Waals surface area contributed by atoms with Gasteiger partial charge in [0.2, 0.25) is 5.91 Å². The van der Waals surface area contributed by atoms with Crippen molar-refractivity contribution < 1.29 is 9.59 Å². The zero-order valence-corrected chi connectivity index (χ0v) is 13.5. The highest BCUT2D eigenvalue weighted by atomic mass is 16.2. The molecule has 0 spiro atoms. The van der Waals surface area contributed by atoms with Gasteiger partial charge in [-0.25, -0.2) is 4.98 Å². The molecule has 2 amide bonds. The molecule has 3 rings (SSSR count). The topological polar surface area (TPSA) is 67.2 Å². The zero-order chi connectivity index (χ0) is 15.9. The molecular formula is C16H24N4O2. The van der Waals surface area contributed by atoms with Crippen LogP contribution in [0, 0.1) is 5.92 Å². The van der Waals surface area contributed by atoms with Crippen LogP contribution in [-0.4, -0.2) is 38.9 Å². The van der Waals surface area contributed by atoms with Crippen molar-refractivity contribution in [1.29, 1.82) is 0 Å². The maximum Gasteiger partial charge on any atom is 0.271 e. The first kappa shape index (κ1) is 15.1. The molecule has 0 unspecified atom stereocenters. The average molecular weight is 304 g/mol. The summed E-state index contributed by atoms with van der Waals surface area (Å²) in [5.41, 5.74) is 0.438. The van der Waals surface area contributed by atoms with Crippen LogP contribution in [-0.2, 0) is 11.3 Å². The zero-order valence-electron chi connectivity index (χ0n) is 13.5. The van der Waals surface area contributed by atoms with Gasteiger partial charge in [0.15, 0.2) is 0 Å². The van der Waals surface area contributed by atoms with Gasteiger partial charge in [-0.15, -0.1) is 0 Å². The molecule has 6 nitrogen and oxygen atoms in total. The van der Waals surface area contributed by atoms with E-state index in [2.05, 4.69) is 10.3 Å². The van der Waals surface area contributed by atoms with Gasteiger partial charge >= 0.3 is 0 Å². The number of carbonyl (C=O) groups excluding carboxylic acids is 2. The van der Waals surface area contributed by atoms with Gasteiger partial charge in [0.1, 0.15) is 11.5 Å². The standard InChI is InChI=1S/C16H24N4O2/c1-10(2)17-15(21)13-9-19-7-8-20(11(3)14(19)18-13)16(22)12-5-4-6-12/h9-12H,4-8H2,1-3H3,(H,17,21)/t11-/m0/s1. The number of imidazole rings is 1. The van der Waals surface area contributed by atoms with Crippen LogP contribution in [0.15, 0.2) is 6.20 Å². The lowest BCUT2D eigenvalue weighted by Gasteiger charge is -2.38. The lowest BCUT2D eigenvalue weighted by molar-refractivity contribution is -0.141. The van der Waals surface area contributed by atoms with E-state index in [9.17, 15) is 9.59 Å². The molecule has 2 aliphatic rings. The minimum Gasteiger partial charge on any atom is -0.348 e. The third-order valence-electron chi connectivity index (χ3n) is 4.62. The maximum absolute atomic E-state index is 12.5. The molecule has 0 bridgehead atoms. The monoisotopic (exact) mass is 304 g/mol. The van der Waals surface area contributed by atoms with Gasteiger partial charge in [-0.1, -0.05) is 6.42 Å². The number of fused-ring (bicyclic) bond motifs is 1. The van der Waals surface area contributed by atoms with Crippen LogP contribution >= 0.6 is 0 Å². The largest absolute Gasteiger partial charge is 0.348 e. The summed E-state index contributed by atoms with van der Waals surface area (Å²) in [4.78, 5) is 31.0. The van der Waals surface area contributed by atoms with Crippen LogP contribution < -0.4 is 5.32 Å². The summed E-state index contributed by atoms with van der Waals surface area (Å²) in [5.74, 6) is 1.11. The Balaban J connectivity index is 1.77. The molecule has 120 valence electrons. The Labute approximate surface area is 130 Å². The minimum absolute atomic E-state index is 0.0672. The third kappa shape index (κ3) is 2.62. The van der Waals surface area contributed by atoms with Crippen LogP contribution in [0.3, 0.4) is 0 Å². The van der Waals surface area contributed by atoms with E-state index in [0.29, 0.717) is 18.8 Å². The van der Waals surface area contributed by atoms with Crippen LogP contribution in [0.1, 0.15) is 62.4 Å². The quantitative estimate of drug-likeness (QED) is 0.924. The van der Waals surface area contributed by atoms with E-state index in [1.54, 1.807) is 6.20 Å². The SMILES string of the molecule is CC(C)NC(=O)c1cn2c(n1)[C@H](C)N(C(=O)C1CCC1)CC2. The van der Waals surface area contributed by atoms with E-state index in [0.717, 1.165) is 25.1 Å². The van der Waals surface area contributed by atoms with E-state index >= 15 is 0 Å². The molecule has 1 N–H and O–H groups in total. The first-order chi connectivity index (χ1) is 10.5. The highest BCUT2D eigenvalue weighted by Gasteiger charge is 2.36. The summed E-state index contributed by atoms with van der Waals surface area (Å²) >= 11 is 0. The Morgan fingerprint density at radius 3 is 2.64 bits per heavy atom. The second-order valence-electron chi connectivity index (χ2n) is 6.64. The first-order valence-electron chi connectivity index (χ1n) is 8.15. The number of hydrogen-bond donors (Lipinski definition) is 1. The van der Waals surface area contributed by atoms with Gasteiger partial charge < -0.3 is 14.8 Å². The van der Waals surface area contributed by atoms with Gasteiger partial charge in [0, 0.05) is 31.2 Å². The number of hydrogen-bond acceptors (Lipinski definition) is 3. The van der Waals surface area contributed by atoms with Crippen LogP contribution in [0.2, 0.25) is 0 Å². The lowest BCUT2D eigenvalue weighted by atomic mass is 9.84. The Morgan fingerprint density at radius 1 is 1.32 bits per heavy atom. The Kier molecular flexibility index (Phi) is 3.93. The fourth-order valence-corrected chi connectivity index (χ4v) is 3.13. The molecule has 2 heterocycles. The van der Waals surface area contributed by atoms with Gasteiger partial charge in [-0.2, -0.15) is 0 Å². The fraction of sp³-hybridized carbons (Fsp3) is 0.688. The molecule has 1 aliphatic carbocycles. The molecule has 0 saturated heterocycles. The van der Waals surface area contributed by atoms with E-state index in [1.165, 1.54) is 0 Å². The number of amides is 2. The Bertz CT molecular complexity index is 589. The normalized spacial score (nSPS) is 21.5. The van der Waals surface area contributed by atoms with E-state index in [4.69, 9.17) is 0 Å². The summed E-state index contributed by atoms with van der Waals surface area (Å²) < 4.78 is 2.00. The molecule has 1 aromatic heterocycles. The highest BCUT2D eigenvalue weighted by Crippen LogP contribution is 2.33. The molecule has 1 saturated carbocycles. The van der Waals surface area contributed by atoms with Crippen molar-refractivity contribution >= 4 is 11.8 Å². The molecule has 6 heteroatoms. The van der Waals surface area contributed by atoms with Crippen molar-refractivity contribution in [3.8, 4) is 0 Å². The molecule has 1 fully saturated rings. The smallest absolute Gasteiger partial charge is 0.271 e. The molecule has 22 heavy (non-hydrogen) atoms. The summed E-state index contributed by atoms with van der Waals surface area (Å²) in [5, 5.41) is 2.86. The van der Waals surface area contributed by atoms with Crippen LogP contribution in [0.25, 0.3) is 0 Å². The maximum atomic E-state index is 12.5. The fourth-order valence-electron chi connectivity index (χ4n) is 3.13. The van der Waals surface area contributed by atoms with Crippen molar-refractivity contribution in [3.63, 3.8) is 0 Å². The molecular weight excluding hydrogens is 280 g/mol. The molecule has 1 aliphatic heterocycles. The minimum atomic E-state index is -0.152. The predicted molar refractivity (Wildman–Crippen MR) is 82.3 cm³/mol. The number of nitrogens with zero attached hydrogens (tertiary/aromatic N) is 3. The number of aromatic nitrogens is 2. The molecule has 1 aromatic rings. The third-order valence-corrected chi connectivity index (χ3v) is 4.62. The van der Waals surface area contributed by atoms with Gasteiger partial charge in [0.05, 0.1) is 6.04 Å². The van der Waals surface area contributed by atoms with Crippen molar-refractivity contribution in [2.24, 2.45) is 5.92 Å².